The molecule has 0 fully saturated rings. The Morgan fingerprint density at radius 2 is 1.57 bits per heavy atom. The molecule has 1 heterocycles. The normalized spacial score (nSPS) is 11.9. The van der Waals surface area contributed by atoms with Crippen LogP contribution in [-0.2, 0) is 6.54 Å². The first-order valence-electron chi connectivity index (χ1n) is 12.7. The van der Waals surface area contributed by atoms with Gasteiger partial charge in [-0.3, -0.25) is 4.79 Å². The quantitative estimate of drug-likeness (QED) is 0.270. The van der Waals surface area contributed by atoms with Gasteiger partial charge in [0, 0.05) is 37.5 Å². The zero-order valence-electron chi connectivity index (χ0n) is 21.8. The first-order valence-corrected chi connectivity index (χ1v) is 12.7. The molecule has 5 aromatic rings. The lowest BCUT2D eigenvalue weighted by Gasteiger charge is -2.18. The van der Waals surface area contributed by atoms with Crippen molar-refractivity contribution in [3.8, 4) is 22.6 Å². The number of benzene rings is 4. The van der Waals surface area contributed by atoms with E-state index in [4.69, 9.17) is 4.98 Å². The number of fused-ring (bicyclic) bond motifs is 1. The topological polar surface area (TPSA) is 50.2 Å². The third-order valence-electron chi connectivity index (χ3n) is 6.80. The Bertz CT molecular complexity index is 1550. The summed E-state index contributed by atoms with van der Waals surface area (Å²) in [6, 6.07) is 32.6. The van der Waals surface area contributed by atoms with Crippen LogP contribution in [0, 0.1) is 0 Å². The lowest BCUT2D eigenvalue weighted by atomic mass is 9.99. The highest BCUT2D eigenvalue weighted by Gasteiger charge is 2.26. The Hall–Kier alpha value is -4.38. The van der Waals surface area contributed by atoms with Crippen LogP contribution in [0.5, 0.6) is 0 Å². The van der Waals surface area contributed by atoms with Gasteiger partial charge in [0.25, 0.3) is 5.91 Å². The van der Waals surface area contributed by atoms with Gasteiger partial charge in [0.1, 0.15) is 17.2 Å². The number of hydrogen-bond donors (Lipinski definition) is 1. The molecule has 0 aliphatic rings. The Balaban J connectivity index is 1.62. The van der Waals surface area contributed by atoms with Crippen molar-refractivity contribution in [3.63, 3.8) is 0 Å². The lowest BCUT2D eigenvalue weighted by Crippen LogP contribution is -2.29. The standard InChI is InChI=1S/C32H32N4O/c1-5-36-30(32(37)33-22(2)27-20-12-16-23-13-9-10-19-28(23)27)29(25-17-11-18-26(21-25)35(3)4)34-31(36)24-14-7-6-8-15-24/h6-22H,5H2,1-4H3,(H,33,37). The second-order valence-electron chi connectivity index (χ2n) is 9.45. The largest absolute Gasteiger partial charge is 0.378 e. The fraction of sp³-hybridized carbons (Fsp3) is 0.188. The summed E-state index contributed by atoms with van der Waals surface area (Å²) in [5.74, 6) is 0.651. The Morgan fingerprint density at radius 1 is 0.892 bits per heavy atom. The molecule has 0 saturated heterocycles. The van der Waals surface area contributed by atoms with Gasteiger partial charge in [0.2, 0.25) is 0 Å². The molecule has 186 valence electrons. The highest BCUT2D eigenvalue weighted by atomic mass is 16.2. The van der Waals surface area contributed by atoms with Crippen molar-refractivity contribution in [3.05, 3.63) is 108 Å². The third kappa shape index (κ3) is 4.73. The number of rotatable bonds is 7. The second-order valence-corrected chi connectivity index (χ2v) is 9.45. The maximum Gasteiger partial charge on any atom is 0.270 e. The van der Waals surface area contributed by atoms with E-state index in [1.165, 1.54) is 0 Å². The van der Waals surface area contributed by atoms with Crippen LogP contribution in [0.15, 0.2) is 97.1 Å². The predicted octanol–water partition coefficient (Wildman–Crippen LogP) is 6.95. The SMILES string of the molecule is CCn1c(-c2ccccc2)nc(-c2cccc(N(C)C)c2)c1C(=O)NC(C)c1cccc2ccccc12. The van der Waals surface area contributed by atoms with E-state index in [1.54, 1.807) is 0 Å². The minimum absolute atomic E-state index is 0.137. The number of hydrogen-bond acceptors (Lipinski definition) is 3. The van der Waals surface area contributed by atoms with Crippen LogP contribution >= 0.6 is 0 Å². The third-order valence-corrected chi connectivity index (χ3v) is 6.80. The number of nitrogens with zero attached hydrogens (tertiary/aromatic N) is 3. The van der Waals surface area contributed by atoms with Gasteiger partial charge in [0.05, 0.1) is 6.04 Å². The van der Waals surface area contributed by atoms with E-state index in [2.05, 4.69) is 53.5 Å². The summed E-state index contributed by atoms with van der Waals surface area (Å²) in [5, 5.41) is 5.59. The fourth-order valence-corrected chi connectivity index (χ4v) is 4.90. The summed E-state index contributed by atoms with van der Waals surface area (Å²) in [6.45, 7) is 4.71. The van der Waals surface area contributed by atoms with Gasteiger partial charge in [-0.15, -0.1) is 0 Å². The first-order chi connectivity index (χ1) is 18.0. The molecule has 0 aliphatic heterocycles. The van der Waals surface area contributed by atoms with E-state index in [0.29, 0.717) is 17.9 Å². The molecule has 1 atom stereocenters. The molecule has 1 amide bonds. The van der Waals surface area contributed by atoms with E-state index in [0.717, 1.165) is 39.0 Å². The first kappa shape index (κ1) is 24.3. The highest BCUT2D eigenvalue weighted by molar-refractivity contribution is 6.00. The van der Waals surface area contributed by atoms with Gasteiger partial charge in [-0.05, 0) is 42.3 Å². The monoisotopic (exact) mass is 488 g/mol. The molecular weight excluding hydrogens is 456 g/mol. The summed E-state index contributed by atoms with van der Waals surface area (Å²) < 4.78 is 2.03. The van der Waals surface area contributed by atoms with Gasteiger partial charge >= 0.3 is 0 Å². The second kappa shape index (κ2) is 10.3. The van der Waals surface area contributed by atoms with Gasteiger partial charge in [-0.2, -0.15) is 0 Å². The van der Waals surface area contributed by atoms with Crippen molar-refractivity contribution in [2.75, 3.05) is 19.0 Å². The van der Waals surface area contributed by atoms with Crippen LogP contribution in [0.1, 0.15) is 35.9 Å². The molecule has 4 aromatic carbocycles. The molecule has 1 N–H and O–H groups in total. The zero-order valence-corrected chi connectivity index (χ0v) is 21.8. The molecule has 5 rings (SSSR count). The van der Waals surface area contributed by atoms with E-state index in [1.807, 2.05) is 86.2 Å². The summed E-state index contributed by atoms with van der Waals surface area (Å²) in [4.78, 5) is 21.1. The molecule has 1 unspecified atom stereocenters. The predicted molar refractivity (Wildman–Crippen MR) is 153 cm³/mol. The number of nitrogens with one attached hydrogen (secondary N) is 1. The Morgan fingerprint density at radius 3 is 2.32 bits per heavy atom. The summed E-state index contributed by atoms with van der Waals surface area (Å²) in [7, 11) is 4.03. The number of carbonyl (C=O) groups is 1. The molecule has 0 bridgehead atoms. The maximum absolute atomic E-state index is 14.0. The average Bonchev–Trinajstić information content (AvgIpc) is 3.33. The summed E-state index contributed by atoms with van der Waals surface area (Å²) in [5.41, 5.74) is 5.30. The van der Waals surface area contributed by atoms with E-state index in [9.17, 15) is 4.79 Å². The van der Waals surface area contributed by atoms with Crippen LogP contribution in [0.3, 0.4) is 0 Å². The molecule has 0 saturated carbocycles. The molecule has 37 heavy (non-hydrogen) atoms. The number of anilines is 1. The molecule has 0 radical (unpaired) electrons. The van der Waals surface area contributed by atoms with Crippen LogP contribution in [0.2, 0.25) is 0 Å². The van der Waals surface area contributed by atoms with Gasteiger partial charge < -0.3 is 14.8 Å². The highest BCUT2D eigenvalue weighted by Crippen LogP contribution is 2.32. The summed E-state index contributed by atoms with van der Waals surface area (Å²) in [6.07, 6.45) is 0. The number of amides is 1. The summed E-state index contributed by atoms with van der Waals surface area (Å²) >= 11 is 0. The van der Waals surface area contributed by atoms with Gasteiger partial charge in [-0.1, -0.05) is 84.9 Å². The van der Waals surface area contributed by atoms with Crippen molar-refractivity contribution in [1.29, 1.82) is 0 Å². The van der Waals surface area contributed by atoms with Crippen molar-refractivity contribution < 1.29 is 4.79 Å². The lowest BCUT2D eigenvalue weighted by molar-refractivity contribution is 0.0931. The zero-order chi connectivity index (χ0) is 25.9. The molecular formula is C32H32N4O. The Kier molecular flexibility index (Phi) is 6.78. The molecule has 1 aromatic heterocycles. The minimum atomic E-state index is -0.181. The van der Waals surface area contributed by atoms with E-state index >= 15 is 0 Å². The minimum Gasteiger partial charge on any atom is -0.378 e. The van der Waals surface area contributed by atoms with Crippen molar-refractivity contribution in [2.45, 2.75) is 26.4 Å². The fourth-order valence-electron chi connectivity index (χ4n) is 4.90. The van der Waals surface area contributed by atoms with Crippen molar-refractivity contribution in [2.24, 2.45) is 0 Å². The van der Waals surface area contributed by atoms with Gasteiger partial charge in [0.15, 0.2) is 0 Å². The number of aromatic nitrogens is 2. The smallest absolute Gasteiger partial charge is 0.270 e. The van der Waals surface area contributed by atoms with E-state index < -0.39 is 0 Å². The van der Waals surface area contributed by atoms with E-state index in [-0.39, 0.29) is 11.9 Å². The van der Waals surface area contributed by atoms with Crippen LogP contribution in [-0.4, -0.2) is 29.6 Å². The number of carbonyl (C=O) groups excluding carboxylic acids is 1. The molecule has 0 spiro atoms. The van der Waals surface area contributed by atoms with Crippen LogP contribution in [0.4, 0.5) is 5.69 Å². The number of imidazole rings is 1. The molecule has 0 aliphatic carbocycles. The van der Waals surface area contributed by atoms with Crippen molar-refractivity contribution >= 4 is 22.4 Å². The average molecular weight is 489 g/mol. The maximum atomic E-state index is 14.0. The van der Waals surface area contributed by atoms with Crippen LogP contribution in [0.25, 0.3) is 33.4 Å². The van der Waals surface area contributed by atoms with Gasteiger partial charge in [-0.25, -0.2) is 4.98 Å². The van der Waals surface area contributed by atoms with Crippen molar-refractivity contribution in [1.82, 2.24) is 14.9 Å². The Labute approximate surface area is 218 Å². The molecule has 5 nitrogen and oxygen atoms in total. The van der Waals surface area contributed by atoms with Crippen LogP contribution < -0.4 is 10.2 Å². The molecule has 5 heteroatoms.